The Hall–Kier alpha value is 1.62. The van der Waals surface area contributed by atoms with Crippen LogP contribution in [0, 0.1) is 52.3 Å². The van der Waals surface area contributed by atoms with E-state index in [2.05, 4.69) is 48.5 Å². The third-order valence-corrected chi connectivity index (χ3v) is 14.9. The summed E-state index contributed by atoms with van der Waals surface area (Å²) < 4.78 is 100. The Bertz CT molecular complexity index is 1380. The van der Waals surface area contributed by atoms with Gasteiger partial charge in [0.15, 0.2) is 0 Å². The zero-order chi connectivity index (χ0) is 33.7. The number of ether oxygens (including phenoxy) is 3. The molecule has 266 valence electrons. The quantitative estimate of drug-likeness (QED) is 0.164. The maximum atomic E-state index is 11.7. The third-order valence-electron chi connectivity index (χ3n) is 14.0. The van der Waals surface area contributed by atoms with E-state index in [0.29, 0.717) is 30.1 Å². The van der Waals surface area contributed by atoms with Gasteiger partial charge in [0, 0.05) is 12.3 Å². The summed E-state index contributed by atoms with van der Waals surface area (Å²) in [5.41, 5.74) is -0.960. The van der Waals surface area contributed by atoms with Crippen LogP contribution in [0.2, 0.25) is 0 Å². The Labute approximate surface area is 332 Å². The van der Waals surface area contributed by atoms with Gasteiger partial charge in [-0.05, 0) is 111 Å². The van der Waals surface area contributed by atoms with E-state index in [1.54, 1.807) is 0 Å². The normalized spacial score (nSPS) is 47.2. The van der Waals surface area contributed by atoms with Gasteiger partial charge >= 0.3 is 59.1 Å². The van der Waals surface area contributed by atoms with Crippen molar-refractivity contribution in [3.63, 3.8) is 0 Å². The Morgan fingerprint density at radius 1 is 0.854 bits per heavy atom. The molecular weight excluding hydrogens is 682 g/mol. The van der Waals surface area contributed by atoms with Gasteiger partial charge in [0.1, 0.15) is 17.8 Å². The van der Waals surface area contributed by atoms with Gasteiger partial charge < -0.3 is 23.3 Å². The topological polar surface area (TPSA) is 161 Å². The molecule has 2 bridgehead atoms. The summed E-state index contributed by atoms with van der Waals surface area (Å²) in [7, 11) is -10.3. The predicted octanol–water partition coefficient (Wildman–Crippen LogP) is -0.337. The smallest absolute Gasteiger partial charge is 0.726 e. The molecule has 0 amide bonds. The molecule has 0 aromatic heterocycles. The molecule has 4 saturated carbocycles. The van der Waals surface area contributed by atoms with Gasteiger partial charge in [0.05, 0.1) is 12.2 Å². The Kier molecular flexibility index (Phi) is 13.0. The molecular formula is C33H54Na2O11S2. The van der Waals surface area contributed by atoms with Gasteiger partial charge in [-0.3, -0.25) is 8.37 Å². The van der Waals surface area contributed by atoms with Crippen molar-refractivity contribution in [2.75, 3.05) is 0 Å². The predicted molar refractivity (Wildman–Crippen MR) is 165 cm³/mol. The average molecular weight is 737 g/mol. The van der Waals surface area contributed by atoms with E-state index in [9.17, 15) is 25.9 Å². The molecule has 5 unspecified atom stereocenters. The van der Waals surface area contributed by atoms with E-state index >= 15 is 0 Å². The van der Waals surface area contributed by atoms with Crippen molar-refractivity contribution in [2.45, 2.75) is 155 Å². The van der Waals surface area contributed by atoms with Crippen molar-refractivity contribution in [1.82, 2.24) is 0 Å². The maximum Gasteiger partial charge on any atom is 1.00 e. The number of hydrogen-bond donors (Lipinski definition) is 0. The zero-order valence-electron chi connectivity index (χ0n) is 30.4. The van der Waals surface area contributed by atoms with Gasteiger partial charge in [0.2, 0.25) is 20.8 Å². The van der Waals surface area contributed by atoms with Crippen molar-refractivity contribution < 1.29 is 108 Å². The van der Waals surface area contributed by atoms with Crippen LogP contribution >= 0.6 is 0 Å². The second-order valence-electron chi connectivity index (χ2n) is 16.6. The second kappa shape index (κ2) is 14.7. The standard InChI is InChI=1S/C33H56O11S2.2Na/c1-8-13-33-40-26-17-24-22-11-10-21-16-25(42-45(34,35)36)27(43-46(37,38)39)18-31(21,6)23(22)12-14-30(24,5)29(26)32(7,44-33)28(41-33)15-20(9-2)19(3)4;;/h19-29H,8-18H2,1-7H3,(H,34,35,36)(H,37,38,39);;/q;2*+1/p-2/t20?,21-,22+,23-,24-,25?,26-,27?,28+,29?,30-,31-,32-,33?;;/m0../s1. The van der Waals surface area contributed by atoms with E-state index in [1.807, 2.05) is 0 Å². The fourth-order valence-corrected chi connectivity index (χ4v) is 13.1. The largest absolute Gasteiger partial charge is 1.00 e. The van der Waals surface area contributed by atoms with Gasteiger partial charge in [-0.2, -0.15) is 0 Å². The van der Waals surface area contributed by atoms with Gasteiger partial charge in [-0.25, -0.2) is 16.8 Å². The molecule has 2 aliphatic heterocycles. The molecule has 0 N–H and O–H groups in total. The van der Waals surface area contributed by atoms with Crippen molar-refractivity contribution in [1.29, 1.82) is 0 Å². The van der Waals surface area contributed by atoms with Crippen molar-refractivity contribution in [3.8, 4) is 0 Å². The molecule has 6 aliphatic rings. The minimum absolute atomic E-state index is 0. The van der Waals surface area contributed by atoms with E-state index in [1.165, 1.54) is 0 Å². The molecule has 0 aromatic carbocycles. The molecule has 11 nitrogen and oxygen atoms in total. The van der Waals surface area contributed by atoms with Crippen LogP contribution in [0.4, 0.5) is 0 Å². The molecule has 48 heavy (non-hydrogen) atoms. The molecule has 4 aliphatic carbocycles. The molecule has 6 rings (SSSR count). The van der Waals surface area contributed by atoms with Crippen LogP contribution in [0.1, 0.15) is 119 Å². The van der Waals surface area contributed by atoms with Gasteiger partial charge in [-0.15, -0.1) is 0 Å². The molecule has 0 radical (unpaired) electrons. The zero-order valence-corrected chi connectivity index (χ0v) is 36.1. The first kappa shape index (κ1) is 42.4. The summed E-state index contributed by atoms with van der Waals surface area (Å²) >= 11 is 0. The van der Waals surface area contributed by atoms with Crippen molar-refractivity contribution >= 4 is 20.8 Å². The summed E-state index contributed by atoms with van der Waals surface area (Å²) in [6, 6.07) is 0. The third kappa shape index (κ3) is 7.48. The number of hydrogen-bond acceptors (Lipinski definition) is 11. The first-order chi connectivity index (χ1) is 21.3. The number of fused-ring (bicyclic) bond motifs is 10. The molecule has 15 heteroatoms. The average Bonchev–Trinajstić information content (AvgIpc) is 3.33. The van der Waals surface area contributed by atoms with Gasteiger partial charge in [0.25, 0.3) is 5.97 Å². The Balaban J connectivity index is 0.00000260. The summed E-state index contributed by atoms with van der Waals surface area (Å²) in [6.45, 7) is 15.8. The molecule has 14 atom stereocenters. The van der Waals surface area contributed by atoms with Crippen molar-refractivity contribution in [3.05, 3.63) is 0 Å². The van der Waals surface area contributed by atoms with E-state index < -0.39 is 50.0 Å². The fourth-order valence-electron chi connectivity index (χ4n) is 12.1. The van der Waals surface area contributed by atoms with Crippen LogP contribution in [0.15, 0.2) is 0 Å². The Morgan fingerprint density at radius 3 is 2.08 bits per heavy atom. The second-order valence-corrected chi connectivity index (χ2v) is 18.6. The van der Waals surface area contributed by atoms with E-state index in [0.717, 1.165) is 51.4 Å². The first-order valence-electron chi connectivity index (χ1n) is 17.6. The van der Waals surface area contributed by atoms with Gasteiger partial charge in [-0.1, -0.05) is 48.0 Å². The van der Waals surface area contributed by atoms with Crippen LogP contribution < -0.4 is 59.1 Å². The summed E-state index contributed by atoms with van der Waals surface area (Å²) in [5, 5.41) is 0. The Morgan fingerprint density at radius 2 is 1.50 bits per heavy atom. The fraction of sp³-hybridized carbons (Fsp3) is 1.00. The van der Waals surface area contributed by atoms with Crippen LogP contribution in [0.5, 0.6) is 0 Å². The first-order valence-corrected chi connectivity index (χ1v) is 20.3. The van der Waals surface area contributed by atoms with E-state index in [4.69, 9.17) is 22.6 Å². The molecule has 2 heterocycles. The monoisotopic (exact) mass is 736 g/mol. The summed E-state index contributed by atoms with van der Waals surface area (Å²) in [4.78, 5) is 0. The van der Waals surface area contributed by atoms with E-state index in [-0.39, 0.29) is 107 Å². The molecule has 2 saturated heterocycles. The van der Waals surface area contributed by atoms with Crippen LogP contribution in [0.3, 0.4) is 0 Å². The SMILES string of the molecule is CCCC12O[C@H]3C[C@H]4[C@@H]5CC[C@H]6CC(OS(=O)(=O)[O-])C(OS(=O)(=O)[O-])C[C@]6(C)[C@H]5CC[C@]4(C)C3[C@@](C)(O1)[C@@H](CC(CC)C(C)C)O2.[Na+].[Na+]. The summed E-state index contributed by atoms with van der Waals surface area (Å²) in [6.07, 6.45) is 5.63. The minimum atomic E-state index is -5.16. The van der Waals surface area contributed by atoms with Crippen LogP contribution in [-0.2, 0) is 43.4 Å². The maximum absolute atomic E-state index is 11.7. The van der Waals surface area contributed by atoms with Crippen LogP contribution in [-0.4, -0.2) is 61.9 Å². The van der Waals surface area contributed by atoms with Crippen LogP contribution in [0.25, 0.3) is 0 Å². The van der Waals surface area contributed by atoms with Crippen molar-refractivity contribution in [2.24, 2.45) is 52.3 Å². The number of rotatable bonds is 10. The molecule has 0 aromatic rings. The minimum Gasteiger partial charge on any atom is -0.726 e. The molecule has 0 spiro atoms. The molecule has 6 fully saturated rings. The summed E-state index contributed by atoms with van der Waals surface area (Å²) in [5.74, 6) is 1.09.